The van der Waals surface area contributed by atoms with Crippen molar-refractivity contribution in [1.82, 2.24) is 0 Å². The lowest BCUT2D eigenvalue weighted by Gasteiger charge is -2.31. The van der Waals surface area contributed by atoms with E-state index in [2.05, 4.69) is 4.90 Å². The van der Waals surface area contributed by atoms with Gasteiger partial charge in [-0.05, 0) is 31.5 Å². The number of rotatable bonds is 4. The van der Waals surface area contributed by atoms with Gasteiger partial charge in [-0.3, -0.25) is 4.79 Å². The standard InChI is InChI=1S/C13H17NO3/c1-10(16)11-3-4-13-12(9-11)14(5-2-7-15)6-8-17-13/h3-4,9,15H,2,5-8H2,1H3. The Morgan fingerprint density at radius 3 is 3.06 bits per heavy atom. The normalized spacial score (nSPS) is 14.1. The fourth-order valence-corrected chi connectivity index (χ4v) is 1.99. The first-order chi connectivity index (χ1) is 8.22. The molecule has 4 heteroatoms. The molecule has 0 saturated carbocycles. The SMILES string of the molecule is CC(=O)c1ccc2c(c1)N(CCCO)CCO2. The first-order valence-corrected chi connectivity index (χ1v) is 5.86. The van der Waals surface area contributed by atoms with Crippen LogP contribution in [0.1, 0.15) is 23.7 Å². The van der Waals surface area contributed by atoms with Crippen molar-refractivity contribution in [2.45, 2.75) is 13.3 Å². The molecule has 1 heterocycles. The summed E-state index contributed by atoms with van der Waals surface area (Å²) < 4.78 is 5.55. The minimum atomic E-state index is 0.0560. The summed E-state index contributed by atoms with van der Waals surface area (Å²) in [5, 5.41) is 8.88. The molecule has 92 valence electrons. The molecule has 0 bridgehead atoms. The molecule has 0 saturated heterocycles. The third-order valence-electron chi connectivity index (χ3n) is 2.91. The summed E-state index contributed by atoms with van der Waals surface area (Å²) in [5.74, 6) is 0.875. The zero-order valence-electron chi connectivity index (χ0n) is 9.98. The summed E-state index contributed by atoms with van der Waals surface area (Å²) in [5.41, 5.74) is 1.65. The van der Waals surface area contributed by atoms with Crippen molar-refractivity contribution in [1.29, 1.82) is 0 Å². The van der Waals surface area contributed by atoms with Gasteiger partial charge in [0.1, 0.15) is 12.4 Å². The number of aliphatic hydroxyl groups excluding tert-OH is 1. The fourth-order valence-electron chi connectivity index (χ4n) is 1.99. The number of ketones is 1. The molecule has 0 unspecified atom stereocenters. The van der Waals surface area contributed by atoms with Crippen LogP contribution in [0.15, 0.2) is 18.2 Å². The maximum absolute atomic E-state index is 11.4. The molecule has 0 amide bonds. The van der Waals surface area contributed by atoms with Gasteiger partial charge in [0.15, 0.2) is 5.78 Å². The number of ether oxygens (including phenoxy) is 1. The van der Waals surface area contributed by atoms with Crippen LogP contribution in [0.4, 0.5) is 5.69 Å². The largest absolute Gasteiger partial charge is 0.490 e. The molecule has 17 heavy (non-hydrogen) atoms. The number of carbonyl (C=O) groups is 1. The lowest BCUT2D eigenvalue weighted by molar-refractivity contribution is 0.101. The lowest BCUT2D eigenvalue weighted by atomic mass is 10.1. The van der Waals surface area contributed by atoms with Crippen LogP contribution in [-0.4, -0.2) is 37.2 Å². The Morgan fingerprint density at radius 2 is 2.35 bits per heavy atom. The van der Waals surface area contributed by atoms with Gasteiger partial charge in [-0.15, -0.1) is 0 Å². The van der Waals surface area contributed by atoms with Gasteiger partial charge in [-0.1, -0.05) is 0 Å². The maximum atomic E-state index is 11.4. The molecule has 0 aliphatic carbocycles. The van der Waals surface area contributed by atoms with Crippen LogP contribution in [-0.2, 0) is 0 Å². The Labute approximate surface area is 101 Å². The second kappa shape index (κ2) is 5.19. The number of Topliss-reactive ketones (excluding diaryl/α,β-unsaturated/α-hetero) is 1. The number of carbonyl (C=O) groups excluding carboxylic acids is 1. The van der Waals surface area contributed by atoms with Crippen LogP contribution in [0.25, 0.3) is 0 Å². The Morgan fingerprint density at radius 1 is 1.53 bits per heavy atom. The third-order valence-corrected chi connectivity index (χ3v) is 2.91. The number of hydrogen-bond donors (Lipinski definition) is 1. The summed E-state index contributed by atoms with van der Waals surface area (Å²) in [6.07, 6.45) is 0.726. The number of nitrogens with zero attached hydrogens (tertiary/aromatic N) is 1. The number of hydrogen-bond acceptors (Lipinski definition) is 4. The van der Waals surface area contributed by atoms with E-state index in [1.807, 2.05) is 12.1 Å². The highest BCUT2D eigenvalue weighted by molar-refractivity contribution is 5.95. The zero-order valence-corrected chi connectivity index (χ0v) is 9.98. The van der Waals surface area contributed by atoms with Crippen LogP contribution in [0.5, 0.6) is 5.75 Å². The van der Waals surface area contributed by atoms with Gasteiger partial charge in [0, 0.05) is 18.7 Å². The quantitative estimate of drug-likeness (QED) is 0.803. The molecule has 0 radical (unpaired) electrons. The number of anilines is 1. The minimum absolute atomic E-state index is 0.0560. The molecule has 0 atom stereocenters. The van der Waals surface area contributed by atoms with E-state index in [1.54, 1.807) is 13.0 Å². The van der Waals surface area contributed by atoms with Gasteiger partial charge in [-0.2, -0.15) is 0 Å². The average molecular weight is 235 g/mol. The van der Waals surface area contributed by atoms with Crippen molar-refractivity contribution in [3.05, 3.63) is 23.8 Å². The van der Waals surface area contributed by atoms with Gasteiger partial charge in [0.2, 0.25) is 0 Å². The Hall–Kier alpha value is -1.55. The first kappa shape index (κ1) is 11.9. The van der Waals surface area contributed by atoms with E-state index in [4.69, 9.17) is 9.84 Å². The predicted molar refractivity (Wildman–Crippen MR) is 65.9 cm³/mol. The van der Waals surface area contributed by atoms with Crippen molar-refractivity contribution in [2.24, 2.45) is 0 Å². The molecule has 1 aliphatic heterocycles. The van der Waals surface area contributed by atoms with Crippen molar-refractivity contribution >= 4 is 11.5 Å². The van der Waals surface area contributed by atoms with Crippen LogP contribution in [0.2, 0.25) is 0 Å². The number of benzene rings is 1. The maximum Gasteiger partial charge on any atom is 0.159 e. The molecular formula is C13H17NO3. The molecular weight excluding hydrogens is 218 g/mol. The topological polar surface area (TPSA) is 49.8 Å². The van der Waals surface area contributed by atoms with Gasteiger partial charge < -0.3 is 14.7 Å². The lowest BCUT2D eigenvalue weighted by Crippen LogP contribution is -2.34. The van der Waals surface area contributed by atoms with Crippen molar-refractivity contribution < 1.29 is 14.6 Å². The van der Waals surface area contributed by atoms with E-state index in [0.29, 0.717) is 12.2 Å². The molecule has 0 fully saturated rings. The summed E-state index contributed by atoms with van der Waals surface area (Å²) in [6.45, 7) is 3.98. The first-order valence-electron chi connectivity index (χ1n) is 5.86. The van der Waals surface area contributed by atoms with Crippen molar-refractivity contribution in [3.63, 3.8) is 0 Å². The van der Waals surface area contributed by atoms with Crippen LogP contribution < -0.4 is 9.64 Å². The number of aliphatic hydroxyl groups is 1. The average Bonchev–Trinajstić information content (AvgIpc) is 2.35. The molecule has 1 N–H and O–H groups in total. The van der Waals surface area contributed by atoms with E-state index in [1.165, 1.54) is 0 Å². The molecule has 1 aliphatic rings. The molecule has 1 aromatic carbocycles. The summed E-state index contributed by atoms with van der Waals surface area (Å²) in [7, 11) is 0. The smallest absolute Gasteiger partial charge is 0.159 e. The van der Waals surface area contributed by atoms with E-state index < -0.39 is 0 Å². The minimum Gasteiger partial charge on any atom is -0.490 e. The molecule has 1 aromatic rings. The van der Waals surface area contributed by atoms with E-state index >= 15 is 0 Å². The molecule has 0 aromatic heterocycles. The van der Waals surface area contributed by atoms with Crippen LogP contribution >= 0.6 is 0 Å². The summed E-state index contributed by atoms with van der Waals surface area (Å²) in [4.78, 5) is 13.5. The van der Waals surface area contributed by atoms with E-state index in [0.717, 1.165) is 30.9 Å². The van der Waals surface area contributed by atoms with Crippen LogP contribution in [0, 0.1) is 0 Å². The highest BCUT2D eigenvalue weighted by atomic mass is 16.5. The molecule has 2 rings (SSSR count). The van der Waals surface area contributed by atoms with Gasteiger partial charge in [-0.25, -0.2) is 0 Å². The predicted octanol–water partition coefficient (Wildman–Crippen LogP) is 1.47. The van der Waals surface area contributed by atoms with Crippen molar-refractivity contribution in [3.8, 4) is 5.75 Å². The monoisotopic (exact) mass is 235 g/mol. The molecule has 0 spiro atoms. The Bertz CT molecular complexity index is 417. The van der Waals surface area contributed by atoms with E-state index in [9.17, 15) is 4.79 Å². The second-order valence-electron chi connectivity index (χ2n) is 4.15. The highest BCUT2D eigenvalue weighted by Crippen LogP contribution is 2.32. The van der Waals surface area contributed by atoms with Gasteiger partial charge >= 0.3 is 0 Å². The highest BCUT2D eigenvalue weighted by Gasteiger charge is 2.18. The third kappa shape index (κ3) is 2.58. The van der Waals surface area contributed by atoms with Gasteiger partial charge in [0.05, 0.1) is 12.2 Å². The molecule has 4 nitrogen and oxygen atoms in total. The zero-order chi connectivity index (χ0) is 12.3. The van der Waals surface area contributed by atoms with E-state index in [-0.39, 0.29) is 12.4 Å². The van der Waals surface area contributed by atoms with Crippen LogP contribution in [0.3, 0.4) is 0 Å². The second-order valence-corrected chi connectivity index (χ2v) is 4.15. The summed E-state index contributed by atoms with van der Waals surface area (Å²) in [6, 6.07) is 5.50. The fraction of sp³-hybridized carbons (Fsp3) is 0.462. The Balaban J connectivity index is 2.27. The van der Waals surface area contributed by atoms with Crippen molar-refractivity contribution in [2.75, 3.05) is 31.2 Å². The Kier molecular flexibility index (Phi) is 3.64. The van der Waals surface area contributed by atoms with Gasteiger partial charge in [0.25, 0.3) is 0 Å². The summed E-state index contributed by atoms with van der Waals surface area (Å²) >= 11 is 0. The number of fused-ring (bicyclic) bond motifs is 1.